The van der Waals surface area contributed by atoms with Gasteiger partial charge in [-0.05, 0) is 30.7 Å². The summed E-state index contributed by atoms with van der Waals surface area (Å²) in [5.41, 5.74) is 1.70. The molecule has 0 amide bonds. The molecule has 0 aliphatic rings. The van der Waals surface area contributed by atoms with E-state index in [4.69, 9.17) is 4.74 Å². The van der Waals surface area contributed by atoms with Crippen LogP contribution in [0.2, 0.25) is 0 Å². The first-order valence-electron chi connectivity index (χ1n) is 6.89. The lowest BCUT2D eigenvalue weighted by Crippen LogP contribution is -2.24. The van der Waals surface area contributed by atoms with Crippen molar-refractivity contribution in [2.45, 2.75) is 20.0 Å². The maximum Gasteiger partial charge on any atom is 0.136 e. The van der Waals surface area contributed by atoms with Gasteiger partial charge in [0.25, 0.3) is 0 Å². The average Bonchev–Trinajstić information content (AvgIpc) is 2.48. The summed E-state index contributed by atoms with van der Waals surface area (Å²) < 4.78 is 19.5. The lowest BCUT2D eigenvalue weighted by Gasteiger charge is -2.20. The molecule has 0 saturated carbocycles. The van der Waals surface area contributed by atoms with E-state index in [9.17, 15) is 4.39 Å². The Morgan fingerprint density at radius 2 is 1.90 bits per heavy atom. The van der Waals surface area contributed by atoms with Gasteiger partial charge in [-0.15, -0.1) is 0 Å². The Hall–Kier alpha value is -1.87. The van der Waals surface area contributed by atoms with Gasteiger partial charge >= 0.3 is 0 Å². The van der Waals surface area contributed by atoms with Crippen molar-refractivity contribution in [3.63, 3.8) is 0 Å². The second kappa shape index (κ2) is 7.06. The number of halogens is 1. The topological polar surface area (TPSA) is 21.3 Å². The van der Waals surface area contributed by atoms with Gasteiger partial charge in [-0.1, -0.05) is 43.3 Å². The van der Waals surface area contributed by atoms with Crippen LogP contribution < -0.4 is 10.1 Å². The minimum Gasteiger partial charge on any atom is -0.484 e. The third-order valence-corrected chi connectivity index (χ3v) is 3.17. The van der Waals surface area contributed by atoms with Crippen molar-refractivity contribution >= 4 is 0 Å². The van der Waals surface area contributed by atoms with E-state index in [0.717, 1.165) is 12.1 Å². The average molecular weight is 273 g/mol. The first-order valence-corrected chi connectivity index (χ1v) is 6.89. The van der Waals surface area contributed by atoms with E-state index in [2.05, 4.69) is 5.32 Å². The van der Waals surface area contributed by atoms with Crippen LogP contribution in [0.5, 0.6) is 5.75 Å². The summed E-state index contributed by atoms with van der Waals surface area (Å²) in [7, 11) is 0. The van der Waals surface area contributed by atoms with E-state index in [1.165, 1.54) is 6.07 Å². The molecule has 2 aromatic carbocycles. The van der Waals surface area contributed by atoms with E-state index in [1.54, 1.807) is 19.1 Å². The highest BCUT2D eigenvalue weighted by molar-refractivity contribution is 5.29. The van der Waals surface area contributed by atoms with Crippen LogP contribution in [0.1, 0.15) is 24.2 Å². The van der Waals surface area contributed by atoms with Crippen LogP contribution in [-0.2, 0) is 0 Å². The molecule has 1 N–H and O–H groups in total. The quantitative estimate of drug-likeness (QED) is 0.862. The molecule has 0 bridgehead atoms. The first-order chi connectivity index (χ1) is 9.70. The number of benzene rings is 2. The summed E-state index contributed by atoms with van der Waals surface area (Å²) in [6.07, 6.45) is -0.127. The molecule has 106 valence electrons. The second-order valence-electron chi connectivity index (χ2n) is 4.74. The molecule has 0 aromatic heterocycles. The lowest BCUT2D eigenvalue weighted by molar-refractivity contribution is 0.202. The normalized spacial score (nSPS) is 12.2. The number of rotatable bonds is 6. The van der Waals surface area contributed by atoms with Gasteiger partial charge in [-0.2, -0.15) is 0 Å². The number of hydrogen-bond donors (Lipinski definition) is 1. The number of likely N-dealkylation sites (N-methyl/N-ethyl adjacent to an activating group) is 1. The molecular formula is C17H20FNO. The highest BCUT2D eigenvalue weighted by atomic mass is 19.1. The fourth-order valence-corrected chi connectivity index (χ4v) is 1.98. The van der Waals surface area contributed by atoms with Crippen molar-refractivity contribution < 1.29 is 9.13 Å². The summed E-state index contributed by atoms with van der Waals surface area (Å²) in [5.74, 6) is 0.317. The van der Waals surface area contributed by atoms with Crippen molar-refractivity contribution in [3.05, 3.63) is 65.5 Å². The molecular weight excluding hydrogens is 253 g/mol. The summed E-state index contributed by atoms with van der Waals surface area (Å²) in [6.45, 7) is 5.35. The van der Waals surface area contributed by atoms with Crippen LogP contribution in [0.15, 0.2) is 48.5 Å². The molecule has 0 fully saturated rings. The molecule has 2 aromatic rings. The molecule has 0 aliphatic heterocycles. The standard InChI is InChI=1S/C17H20FNO/c1-3-19-12-17(14-7-5-4-6-8-14)20-15-10-9-13(2)16(18)11-15/h4-11,17,19H,3,12H2,1-2H3. The lowest BCUT2D eigenvalue weighted by atomic mass is 10.1. The van der Waals surface area contributed by atoms with Gasteiger partial charge < -0.3 is 10.1 Å². The Kier molecular flexibility index (Phi) is 5.13. The Morgan fingerprint density at radius 3 is 2.55 bits per heavy atom. The number of ether oxygens (including phenoxy) is 1. The molecule has 0 radical (unpaired) electrons. The number of hydrogen-bond acceptors (Lipinski definition) is 2. The second-order valence-corrected chi connectivity index (χ2v) is 4.74. The predicted octanol–water partition coefficient (Wildman–Crippen LogP) is 3.86. The van der Waals surface area contributed by atoms with E-state index < -0.39 is 0 Å². The van der Waals surface area contributed by atoms with Crippen molar-refractivity contribution in [2.24, 2.45) is 0 Å². The van der Waals surface area contributed by atoms with Gasteiger partial charge in [0.2, 0.25) is 0 Å². The third-order valence-electron chi connectivity index (χ3n) is 3.17. The smallest absolute Gasteiger partial charge is 0.136 e. The third kappa shape index (κ3) is 3.81. The number of nitrogens with one attached hydrogen (secondary N) is 1. The monoisotopic (exact) mass is 273 g/mol. The van der Waals surface area contributed by atoms with E-state index in [0.29, 0.717) is 17.9 Å². The van der Waals surface area contributed by atoms with Crippen molar-refractivity contribution in [1.29, 1.82) is 0 Å². The van der Waals surface area contributed by atoms with Crippen LogP contribution in [0, 0.1) is 12.7 Å². The number of aryl methyl sites for hydroxylation is 1. The van der Waals surface area contributed by atoms with Gasteiger partial charge in [-0.25, -0.2) is 4.39 Å². The maximum atomic E-state index is 13.6. The maximum absolute atomic E-state index is 13.6. The van der Waals surface area contributed by atoms with E-state index in [1.807, 2.05) is 37.3 Å². The Morgan fingerprint density at radius 1 is 1.15 bits per heavy atom. The molecule has 3 heteroatoms. The SMILES string of the molecule is CCNCC(Oc1ccc(C)c(F)c1)c1ccccc1. The predicted molar refractivity (Wildman–Crippen MR) is 79.5 cm³/mol. The van der Waals surface area contributed by atoms with Gasteiger partial charge in [0, 0.05) is 12.6 Å². The minimum atomic E-state index is -0.238. The van der Waals surface area contributed by atoms with Gasteiger partial charge in [0.1, 0.15) is 17.7 Å². The fraction of sp³-hybridized carbons (Fsp3) is 0.294. The Bertz CT molecular complexity index is 542. The van der Waals surface area contributed by atoms with Crippen LogP contribution in [0.3, 0.4) is 0 Å². The highest BCUT2D eigenvalue weighted by Crippen LogP contribution is 2.23. The highest BCUT2D eigenvalue weighted by Gasteiger charge is 2.13. The summed E-state index contributed by atoms with van der Waals surface area (Å²) in [6, 6.07) is 15.0. The van der Waals surface area contributed by atoms with Gasteiger partial charge in [0.15, 0.2) is 0 Å². The molecule has 0 spiro atoms. The van der Waals surface area contributed by atoms with E-state index >= 15 is 0 Å². The zero-order valence-corrected chi connectivity index (χ0v) is 11.9. The molecule has 0 heterocycles. The zero-order valence-electron chi connectivity index (χ0n) is 11.9. The molecule has 2 rings (SSSR count). The Labute approximate surface area is 119 Å². The molecule has 20 heavy (non-hydrogen) atoms. The molecule has 0 saturated heterocycles. The molecule has 2 nitrogen and oxygen atoms in total. The van der Waals surface area contributed by atoms with Crippen molar-refractivity contribution in [2.75, 3.05) is 13.1 Å². The Balaban J connectivity index is 2.17. The largest absolute Gasteiger partial charge is 0.484 e. The van der Waals surface area contributed by atoms with Gasteiger partial charge in [-0.3, -0.25) is 0 Å². The summed E-state index contributed by atoms with van der Waals surface area (Å²) >= 11 is 0. The van der Waals surface area contributed by atoms with E-state index in [-0.39, 0.29) is 11.9 Å². The fourth-order valence-electron chi connectivity index (χ4n) is 1.98. The zero-order chi connectivity index (χ0) is 14.4. The minimum absolute atomic E-state index is 0.127. The summed E-state index contributed by atoms with van der Waals surface area (Å²) in [4.78, 5) is 0. The van der Waals surface area contributed by atoms with Crippen LogP contribution in [0.25, 0.3) is 0 Å². The van der Waals surface area contributed by atoms with Gasteiger partial charge in [0.05, 0.1) is 0 Å². The molecule has 1 unspecified atom stereocenters. The van der Waals surface area contributed by atoms with Crippen LogP contribution in [-0.4, -0.2) is 13.1 Å². The molecule has 1 atom stereocenters. The molecule has 0 aliphatic carbocycles. The summed E-state index contributed by atoms with van der Waals surface area (Å²) in [5, 5.41) is 3.27. The van der Waals surface area contributed by atoms with Crippen LogP contribution >= 0.6 is 0 Å². The van der Waals surface area contributed by atoms with Crippen LogP contribution in [0.4, 0.5) is 4.39 Å². The first kappa shape index (κ1) is 14.5. The van der Waals surface area contributed by atoms with Crippen molar-refractivity contribution in [1.82, 2.24) is 5.32 Å². The van der Waals surface area contributed by atoms with Crippen molar-refractivity contribution in [3.8, 4) is 5.75 Å².